The maximum atomic E-state index is 11.7. The lowest BCUT2D eigenvalue weighted by Gasteiger charge is -2.14. The van der Waals surface area contributed by atoms with E-state index in [1.807, 2.05) is 6.07 Å². The Bertz CT molecular complexity index is 707. The lowest BCUT2D eigenvalue weighted by atomic mass is 10.1. The van der Waals surface area contributed by atoms with E-state index in [1.54, 1.807) is 29.9 Å². The van der Waals surface area contributed by atoms with Gasteiger partial charge in [-0.2, -0.15) is 0 Å². The van der Waals surface area contributed by atoms with Gasteiger partial charge in [0.15, 0.2) is 5.96 Å². The average Bonchev–Trinajstić information content (AvgIpc) is 2.54. The topological polar surface area (TPSA) is 58.4 Å². The predicted molar refractivity (Wildman–Crippen MR) is 110 cm³/mol. The summed E-state index contributed by atoms with van der Waals surface area (Å²) in [4.78, 5) is 15.9. The second kappa shape index (κ2) is 10.1. The molecule has 0 aliphatic carbocycles. The number of nitrogens with zero attached hydrogens (tertiary/aromatic N) is 2. The van der Waals surface area contributed by atoms with Crippen molar-refractivity contribution in [2.24, 2.45) is 4.99 Å². The molecule has 2 rings (SSSR count). The highest BCUT2D eigenvalue weighted by atomic mass is 127. The molecule has 1 aromatic carbocycles. The van der Waals surface area contributed by atoms with Crippen LogP contribution in [0.15, 0.2) is 58.4 Å². The van der Waals surface area contributed by atoms with Crippen LogP contribution in [0.1, 0.15) is 25.0 Å². The lowest BCUT2D eigenvalue weighted by Crippen LogP contribution is -2.40. The SMILES string of the molecule is CN=C(NCc1ccc(Cn2ccccc2=O)cc1)NC(C)C.I. The van der Waals surface area contributed by atoms with E-state index < -0.39 is 0 Å². The number of hydrogen-bond acceptors (Lipinski definition) is 2. The number of guanidine groups is 1. The second-order valence-corrected chi connectivity index (χ2v) is 5.71. The van der Waals surface area contributed by atoms with Crippen LogP contribution in [0.5, 0.6) is 0 Å². The fraction of sp³-hybridized carbons (Fsp3) is 0.333. The Balaban J connectivity index is 0.00000288. The number of pyridine rings is 1. The monoisotopic (exact) mass is 440 g/mol. The summed E-state index contributed by atoms with van der Waals surface area (Å²) < 4.78 is 1.70. The van der Waals surface area contributed by atoms with Crippen molar-refractivity contribution in [3.8, 4) is 0 Å². The Labute approximate surface area is 160 Å². The van der Waals surface area contributed by atoms with Crippen molar-refractivity contribution < 1.29 is 0 Å². The number of benzene rings is 1. The molecule has 5 nitrogen and oxygen atoms in total. The summed E-state index contributed by atoms with van der Waals surface area (Å²) in [5, 5.41) is 6.53. The zero-order chi connectivity index (χ0) is 16.7. The molecular weight excluding hydrogens is 415 g/mol. The molecule has 2 aromatic rings. The first-order valence-corrected chi connectivity index (χ1v) is 7.79. The lowest BCUT2D eigenvalue weighted by molar-refractivity contribution is 0.699. The number of halogens is 1. The van der Waals surface area contributed by atoms with Crippen LogP contribution in [0.4, 0.5) is 0 Å². The maximum Gasteiger partial charge on any atom is 0.250 e. The number of nitrogens with one attached hydrogen (secondary N) is 2. The minimum atomic E-state index is 0. The van der Waals surface area contributed by atoms with E-state index >= 15 is 0 Å². The number of rotatable bonds is 5. The molecule has 0 atom stereocenters. The molecule has 24 heavy (non-hydrogen) atoms. The molecule has 1 heterocycles. The standard InChI is InChI=1S/C18H24N4O.HI/c1-14(2)21-18(19-3)20-12-15-7-9-16(10-8-15)13-22-11-5-4-6-17(22)23;/h4-11,14H,12-13H2,1-3H3,(H2,19,20,21);1H. The summed E-state index contributed by atoms with van der Waals surface area (Å²) in [6, 6.07) is 13.8. The Morgan fingerprint density at radius 1 is 1.12 bits per heavy atom. The first kappa shape index (κ1) is 20.2. The van der Waals surface area contributed by atoms with Gasteiger partial charge in [0.25, 0.3) is 5.56 Å². The molecular formula is C18H25IN4O. The van der Waals surface area contributed by atoms with Gasteiger partial charge in [0, 0.05) is 31.9 Å². The third kappa shape index (κ3) is 6.35. The molecule has 2 N–H and O–H groups in total. The van der Waals surface area contributed by atoms with Gasteiger partial charge < -0.3 is 15.2 Å². The van der Waals surface area contributed by atoms with Crippen LogP contribution >= 0.6 is 24.0 Å². The summed E-state index contributed by atoms with van der Waals surface area (Å²) in [6.07, 6.45) is 1.80. The van der Waals surface area contributed by atoms with Gasteiger partial charge in [-0.1, -0.05) is 30.3 Å². The molecule has 0 spiro atoms. The van der Waals surface area contributed by atoms with Gasteiger partial charge in [-0.25, -0.2) is 0 Å². The van der Waals surface area contributed by atoms with E-state index in [-0.39, 0.29) is 29.5 Å². The first-order chi connectivity index (χ1) is 11.1. The molecule has 0 unspecified atom stereocenters. The van der Waals surface area contributed by atoms with Crippen LogP contribution < -0.4 is 16.2 Å². The van der Waals surface area contributed by atoms with Crippen LogP contribution in [-0.4, -0.2) is 23.6 Å². The van der Waals surface area contributed by atoms with Crippen molar-refractivity contribution in [1.82, 2.24) is 15.2 Å². The molecule has 0 bridgehead atoms. The van der Waals surface area contributed by atoms with Crippen molar-refractivity contribution in [1.29, 1.82) is 0 Å². The van der Waals surface area contributed by atoms with Gasteiger partial charge in [-0.3, -0.25) is 9.79 Å². The number of aromatic nitrogens is 1. The molecule has 0 saturated heterocycles. The van der Waals surface area contributed by atoms with Crippen LogP contribution in [0.25, 0.3) is 0 Å². The van der Waals surface area contributed by atoms with Crippen molar-refractivity contribution >= 4 is 29.9 Å². The Hall–Kier alpha value is -1.83. The van der Waals surface area contributed by atoms with Crippen molar-refractivity contribution in [3.63, 3.8) is 0 Å². The van der Waals surface area contributed by atoms with E-state index in [4.69, 9.17) is 0 Å². The Morgan fingerprint density at radius 3 is 2.38 bits per heavy atom. The Morgan fingerprint density at radius 2 is 1.79 bits per heavy atom. The van der Waals surface area contributed by atoms with E-state index in [0.29, 0.717) is 19.1 Å². The molecule has 0 aliphatic heterocycles. The normalized spacial score (nSPS) is 11.1. The summed E-state index contributed by atoms with van der Waals surface area (Å²) in [5.41, 5.74) is 2.29. The quantitative estimate of drug-likeness (QED) is 0.427. The molecule has 0 fully saturated rings. The van der Waals surface area contributed by atoms with Crippen LogP contribution in [0.2, 0.25) is 0 Å². The number of hydrogen-bond donors (Lipinski definition) is 2. The van der Waals surface area contributed by atoms with Crippen LogP contribution in [-0.2, 0) is 13.1 Å². The third-order valence-corrected chi connectivity index (χ3v) is 3.38. The van der Waals surface area contributed by atoms with Gasteiger partial charge in [0.05, 0.1) is 6.54 Å². The summed E-state index contributed by atoms with van der Waals surface area (Å²) >= 11 is 0. The molecule has 130 valence electrons. The molecule has 0 amide bonds. The summed E-state index contributed by atoms with van der Waals surface area (Å²) in [7, 11) is 1.76. The minimum absolute atomic E-state index is 0. The third-order valence-electron chi connectivity index (χ3n) is 3.38. The maximum absolute atomic E-state index is 11.7. The zero-order valence-corrected chi connectivity index (χ0v) is 16.7. The molecule has 0 radical (unpaired) electrons. The van der Waals surface area contributed by atoms with Crippen LogP contribution in [0, 0.1) is 0 Å². The van der Waals surface area contributed by atoms with E-state index in [1.165, 1.54) is 5.56 Å². The fourth-order valence-corrected chi connectivity index (χ4v) is 2.20. The van der Waals surface area contributed by atoms with Gasteiger partial charge in [0.1, 0.15) is 0 Å². The molecule has 0 aliphatic rings. The first-order valence-electron chi connectivity index (χ1n) is 7.79. The minimum Gasteiger partial charge on any atom is -0.354 e. The van der Waals surface area contributed by atoms with E-state index in [0.717, 1.165) is 11.5 Å². The van der Waals surface area contributed by atoms with Crippen LogP contribution in [0.3, 0.4) is 0 Å². The van der Waals surface area contributed by atoms with Gasteiger partial charge in [-0.05, 0) is 31.0 Å². The van der Waals surface area contributed by atoms with Crippen molar-refractivity contribution in [2.75, 3.05) is 7.05 Å². The highest BCUT2D eigenvalue weighted by Gasteiger charge is 2.01. The largest absolute Gasteiger partial charge is 0.354 e. The Kier molecular flexibility index (Phi) is 8.53. The van der Waals surface area contributed by atoms with E-state index in [2.05, 4.69) is 53.7 Å². The highest BCUT2D eigenvalue weighted by molar-refractivity contribution is 14.0. The fourth-order valence-electron chi connectivity index (χ4n) is 2.20. The molecule has 0 saturated carbocycles. The van der Waals surface area contributed by atoms with Crippen molar-refractivity contribution in [2.45, 2.75) is 33.0 Å². The summed E-state index contributed by atoms with van der Waals surface area (Å²) in [5.74, 6) is 0.792. The van der Waals surface area contributed by atoms with E-state index in [9.17, 15) is 4.79 Å². The van der Waals surface area contributed by atoms with Gasteiger partial charge in [0.2, 0.25) is 0 Å². The number of aliphatic imine (C=N–C) groups is 1. The zero-order valence-electron chi connectivity index (χ0n) is 14.3. The average molecular weight is 440 g/mol. The highest BCUT2D eigenvalue weighted by Crippen LogP contribution is 2.05. The van der Waals surface area contributed by atoms with Crippen molar-refractivity contribution in [3.05, 3.63) is 70.1 Å². The molecule has 6 heteroatoms. The molecule has 1 aromatic heterocycles. The van der Waals surface area contributed by atoms with Gasteiger partial charge in [-0.15, -0.1) is 24.0 Å². The smallest absolute Gasteiger partial charge is 0.250 e. The predicted octanol–water partition coefficient (Wildman–Crippen LogP) is 2.59. The second-order valence-electron chi connectivity index (χ2n) is 5.71. The van der Waals surface area contributed by atoms with Gasteiger partial charge >= 0.3 is 0 Å². The summed E-state index contributed by atoms with van der Waals surface area (Å²) in [6.45, 7) is 5.45.